The first-order valence-corrected chi connectivity index (χ1v) is 8.34. The maximum Gasteiger partial charge on any atom is 0.193 e. The van der Waals surface area contributed by atoms with Crippen LogP contribution in [0.1, 0.15) is 26.3 Å². The quantitative estimate of drug-likeness (QED) is 0.476. The van der Waals surface area contributed by atoms with E-state index in [9.17, 15) is 0 Å². The molecule has 0 spiro atoms. The summed E-state index contributed by atoms with van der Waals surface area (Å²) in [6, 6.07) is 15.6. The summed E-state index contributed by atoms with van der Waals surface area (Å²) in [5.74, 6) is 1.94. The van der Waals surface area contributed by atoms with E-state index in [4.69, 9.17) is 15.2 Å². The highest BCUT2D eigenvalue weighted by Crippen LogP contribution is 2.30. The van der Waals surface area contributed by atoms with E-state index in [-0.39, 0.29) is 5.41 Å². The zero-order valence-electron chi connectivity index (χ0n) is 15.4. The van der Waals surface area contributed by atoms with Crippen molar-refractivity contribution in [3.8, 4) is 11.5 Å². The second-order valence-corrected chi connectivity index (χ2v) is 6.69. The molecule has 0 atom stereocenters. The Bertz CT molecular complexity index is 721. The van der Waals surface area contributed by atoms with Gasteiger partial charge in [-0.25, -0.2) is 4.99 Å². The second kappa shape index (κ2) is 8.42. The minimum atomic E-state index is 0.0321. The molecular formula is C20H27N3O2. The number of nitrogens with one attached hydrogen (secondary N) is 1. The molecule has 0 aliphatic carbocycles. The maximum absolute atomic E-state index is 5.94. The lowest BCUT2D eigenvalue weighted by molar-refractivity contribution is 0.319. The van der Waals surface area contributed by atoms with Crippen LogP contribution in [0.4, 0.5) is 5.69 Å². The number of nitrogens with zero attached hydrogens (tertiary/aromatic N) is 1. The van der Waals surface area contributed by atoms with Gasteiger partial charge in [-0.3, -0.25) is 0 Å². The summed E-state index contributed by atoms with van der Waals surface area (Å²) in [6.07, 6.45) is 0. The van der Waals surface area contributed by atoms with Crippen LogP contribution in [0.5, 0.6) is 11.5 Å². The largest absolute Gasteiger partial charge is 0.495 e. The molecule has 2 rings (SSSR count). The van der Waals surface area contributed by atoms with Crippen LogP contribution in [0, 0.1) is 0 Å². The molecule has 0 unspecified atom stereocenters. The number of para-hydroxylation sites is 3. The van der Waals surface area contributed by atoms with Crippen molar-refractivity contribution in [2.24, 2.45) is 10.7 Å². The molecule has 0 radical (unpaired) electrons. The Hall–Kier alpha value is -2.69. The lowest BCUT2D eigenvalue weighted by atomic mass is 9.86. The molecule has 5 heteroatoms. The number of hydrogen-bond acceptors (Lipinski definition) is 3. The third-order valence-electron chi connectivity index (χ3n) is 3.70. The summed E-state index contributed by atoms with van der Waals surface area (Å²) >= 11 is 0. The number of aliphatic imine (C=N–C) groups is 1. The number of nitrogens with two attached hydrogens (primary N) is 1. The van der Waals surface area contributed by atoms with Crippen LogP contribution in [0.2, 0.25) is 0 Å². The highest BCUT2D eigenvalue weighted by Gasteiger charge is 2.18. The Morgan fingerprint density at radius 3 is 2.36 bits per heavy atom. The molecule has 2 aromatic carbocycles. The molecule has 0 saturated heterocycles. The van der Waals surface area contributed by atoms with Crippen molar-refractivity contribution in [3.05, 3.63) is 54.1 Å². The summed E-state index contributed by atoms with van der Waals surface area (Å²) < 4.78 is 11.2. The molecule has 2 aromatic rings. The molecule has 0 aliphatic heterocycles. The molecule has 0 bridgehead atoms. The van der Waals surface area contributed by atoms with E-state index in [1.165, 1.54) is 5.56 Å². The third kappa shape index (κ3) is 5.41. The number of anilines is 1. The summed E-state index contributed by atoms with van der Waals surface area (Å²) in [5, 5.41) is 3.04. The number of methoxy groups -OCH3 is 1. The predicted octanol–water partition coefficient (Wildman–Crippen LogP) is 3.80. The third-order valence-corrected chi connectivity index (χ3v) is 3.70. The minimum Gasteiger partial charge on any atom is -0.495 e. The van der Waals surface area contributed by atoms with Crippen LogP contribution in [-0.4, -0.2) is 26.2 Å². The number of hydrogen-bond donors (Lipinski definition) is 2. The average Bonchev–Trinajstić information content (AvgIpc) is 2.59. The summed E-state index contributed by atoms with van der Waals surface area (Å²) in [5.41, 5.74) is 7.93. The van der Waals surface area contributed by atoms with Crippen LogP contribution in [-0.2, 0) is 5.41 Å². The predicted molar refractivity (Wildman–Crippen MR) is 104 cm³/mol. The first-order chi connectivity index (χ1) is 11.9. The minimum absolute atomic E-state index is 0.0321. The smallest absolute Gasteiger partial charge is 0.193 e. The van der Waals surface area contributed by atoms with Gasteiger partial charge in [0.15, 0.2) is 5.96 Å². The van der Waals surface area contributed by atoms with E-state index < -0.39 is 0 Å². The molecule has 134 valence electrons. The first-order valence-electron chi connectivity index (χ1n) is 8.34. The molecule has 0 fully saturated rings. The fourth-order valence-electron chi connectivity index (χ4n) is 2.46. The van der Waals surface area contributed by atoms with E-state index in [0.29, 0.717) is 19.1 Å². The molecule has 0 aromatic heterocycles. The maximum atomic E-state index is 5.94. The molecule has 0 aliphatic rings. The Kier molecular flexibility index (Phi) is 6.28. The van der Waals surface area contributed by atoms with E-state index >= 15 is 0 Å². The van der Waals surface area contributed by atoms with Gasteiger partial charge in [0, 0.05) is 0 Å². The normalized spacial score (nSPS) is 11.9. The fourth-order valence-corrected chi connectivity index (χ4v) is 2.46. The topological polar surface area (TPSA) is 68.9 Å². The summed E-state index contributed by atoms with van der Waals surface area (Å²) in [7, 11) is 1.62. The fraction of sp³-hybridized carbons (Fsp3) is 0.350. The van der Waals surface area contributed by atoms with Crippen LogP contribution in [0.25, 0.3) is 0 Å². The van der Waals surface area contributed by atoms with E-state index in [1.807, 2.05) is 42.5 Å². The zero-order chi connectivity index (χ0) is 18.3. The first kappa shape index (κ1) is 18.6. The van der Waals surface area contributed by atoms with Crippen LogP contribution < -0.4 is 20.5 Å². The van der Waals surface area contributed by atoms with Crippen LogP contribution in [0.15, 0.2) is 53.5 Å². The molecule has 0 amide bonds. The lowest BCUT2D eigenvalue weighted by Crippen LogP contribution is -2.24. The van der Waals surface area contributed by atoms with Gasteiger partial charge in [-0.1, -0.05) is 51.1 Å². The van der Waals surface area contributed by atoms with E-state index in [2.05, 4.69) is 37.1 Å². The summed E-state index contributed by atoms with van der Waals surface area (Å²) in [4.78, 5) is 4.30. The summed E-state index contributed by atoms with van der Waals surface area (Å²) in [6.45, 7) is 7.43. The van der Waals surface area contributed by atoms with Crippen molar-refractivity contribution >= 4 is 11.6 Å². The molecule has 5 nitrogen and oxygen atoms in total. The Labute approximate surface area is 149 Å². The van der Waals surface area contributed by atoms with Gasteiger partial charge in [0.05, 0.1) is 19.3 Å². The molecular weight excluding hydrogens is 314 g/mol. The number of guanidine groups is 1. The monoisotopic (exact) mass is 341 g/mol. The van der Waals surface area contributed by atoms with Crippen molar-refractivity contribution < 1.29 is 9.47 Å². The van der Waals surface area contributed by atoms with Crippen molar-refractivity contribution in [2.45, 2.75) is 26.2 Å². The average molecular weight is 341 g/mol. The Morgan fingerprint density at radius 2 is 1.68 bits per heavy atom. The second-order valence-electron chi connectivity index (χ2n) is 6.69. The van der Waals surface area contributed by atoms with Gasteiger partial charge >= 0.3 is 0 Å². The highest BCUT2D eigenvalue weighted by atomic mass is 16.5. The van der Waals surface area contributed by atoms with Crippen molar-refractivity contribution in [2.75, 3.05) is 25.6 Å². The standard InChI is InChI=1S/C20H27N3O2/c1-20(2,3)15-9-5-7-11-17(15)25-14-13-22-19(21)23-16-10-6-8-12-18(16)24-4/h5-12H,13-14H2,1-4H3,(H3,21,22,23). The van der Waals surface area contributed by atoms with E-state index in [0.717, 1.165) is 17.2 Å². The van der Waals surface area contributed by atoms with Gasteiger partial charge in [0.25, 0.3) is 0 Å². The van der Waals surface area contributed by atoms with E-state index in [1.54, 1.807) is 7.11 Å². The van der Waals surface area contributed by atoms with Crippen LogP contribution in [0.3, 0.4) is 0 Å². The number of ether oxygens (including phenoxy) is 2. The van der Waals surface area contributed by atoms with Crippen molar-refractivity contribution in [3.63, 3.8) is 0 Å². The molecule has 0 heterocycles. The lowest BCUT2D eigenvalue weighted by Gasteiger charge is -2.22. The van der Waals surface area contributed by atoms with Gasteiger partial charge in [-0.2, -0.15) is 0 Å². The van der Waals surface area contributed by atoms with Gasteiger partial charge in [-0.05, 0) is 29.2 Å². The SMILES string of the molecule is COc1ccccc1NC(N)=NCCOc1ccccc1C(C)(C)C. The molecule has 3 N–H and O–H groups in total. The van der Waals surface area contributed by atoms with Gasteiger partial charge in [0.2, 0.25) is 0 Å². The molecule has 25 heavy (non-hydrogen) atoms. The van der Waals surface area contributed by atoms with Crippen LogP contribution >= 0.6 is 0 Å². The van der Waals surface area contributed by atoms with Gasteiger partial charge in [0.1, 0.15) is 18.1 Å². The highest BCUT2D eigenvalue weighted by molar-refractivity contribution is 5.93. The van der Waals surface area contributed by atoms with Crippen molar-refractivity contribution in [1.29, 1.82) is 0 Å². The Morgan fingerprint density at radius 1 is 1.04 bits per heavy atom. The van der Waals surface area contributed by atoms with Gasteiger partial charge in [-0.15, -0.1) is 0 Å². The number of benzene rings is 2. The van der Waals surface area contributed by atoms with Gasteiger partial charge < -0.3 is 20.5 Å². The number of rotatable bonds is 6. The zero-order valence-corrected chi connectivity index (χ0v) is 15.4. The van der Waals surface area contributed by atoms with Crippen molar-refractivity contribution in [1.82, 2.24) is 0 Å². The Balaban J connectivity index is 1.91. The molecule has 0 saturated carbocycles.